The molecule has 0 nitrogen and oxygen atoms in total. The van der Waals surface area contributed by atoms with Gasteiger partial charge in [0.25, 0.3) is 0 Å². The number of alkyl halides is 1. The molecule has 0 amide bonds. The van der Waals surface area contributed by atoms with Crippen LogP contribution in [0.15, 0.2) is 18.2 Å². The zero-order valence-electron chi connectivity index (χ0n) is 13.0. The fourth-order valence-corrected chi connectivity index (χ4v) is 6.09. The van der Waals surface area contributed by atoms with Crippen molar-refractivity contribution in [2.45, 2.75) is 63.1 Å². The van der Waals surface area contributed by atoms with Crippen molar-refractivity contribution in [3.8, 4) is 0 Å². The van der Waals surface area contributed by atoms with Crippen LogP contribution in [0.3, 0.4) is 0 Å². The van der Waals surface area contributed by atoms with Crippen molar-refractivity contribution in [2.75, 3.05) is 0 Å². The van der Waals surface area contributed by atoms with Gasteiger partial charge in [0.1, 0.15) is 0 Å². The molecule has 0 aromatic carbocycles. The summed E-state index contributed by atoms with van der Waals surface area (Å²) in [5.74, 6) is 0. The minimum atomic E-state index is 0.252. The molecule has 0 saturated carbocycles. The van der Waals surface area contributed by atoms with Gasteiger partial charge in [-0.15, -0.1) is 22.7 Å². The summed E-state index contributed by atoms with van der Waals surface area (Å²) in [7, 11) is 0. The summed E-state index contributed by atoms with van der Waals surface area (Å²) in [5, 5.41) is 0. The molecule has 0 bridgehead atoms. The highest BCUT2D eigenvalue weighted by Gasteiger charge is 2.22. The van der Waals surface area contributed by atoms with Crippen molar-refractivity contribution in [2.24, 2.45) is 0 Å². The monoisotopic (exact) mass is 382 g/mol. The van der Waals surface area contributed by atoms with Gasteiger partial charge in [-0.05, 0) is 54.9 Å². The predicted molar refractivity (Wildman–Crippen MR) is 99.4 cm³/mol. The van der Waals surface area contributed by atoms with Crippen LogP contribution in [0.4, 0.5) is 0 Å². The van der Waals surface area contributed by atoms with Gasteiger partial charge in [0.15, 0.2) is 0 Å². The average Bonchev–Trinajstić information content (AvgIpc) is 3.01. The van der Waals surface area contributed by atoms with Crippen molar-refractivity contribution < 1.29 is 0 Å². The number of fused-ring (bicyclic) bond motifs is 1. The highest BCUT2D eigenvalue weighted by Crippen LogP contribution is 2.43. The predicted octanol–water partition coefficient (Wildman–Crippen LogP) is 6.86. The molecule has 0 aliphatic heterocycles. The van der Waals surface area contributed by atoms with Gasteiger partial charge >= 0.3 is 0 Å². The molecule has 1 atom stereocenters. The van der Waals surface area contributed by atoms with E-state index in [0.29, 0.717) is 4.83 Å². The summed E-state index contributed by atoms with van der Waals surface area (Å²) < 4.78 is 0. The topological polar surface area (TPSA) is 0 Å². The van der Waals surface area contributed by atoms with Crippen molar-refractivity contribution >= 4 is 38.6 Å². The molecular weight excluding hydrogens is 360 g/mol. The molecule has 0 N–H and O–H groups in total. The van der Waals surface area contributed by atoms with Crippen LogP contribution in [0, 0.1) is 0 Å². The van der Waals surface area contributed by atoms with Gasteiger partial charge in [0.2, 0.25) is 0 Å². The first-order valence-corrected chi connectivity index (χ1v) is 10.4. The number of hydrogen-bond donors (Lipinski definition) is 0. The average molecular weight is 383 g/mol. The third-order valence-electron chi connectivity index (χ3n) is 4.13. The number of halogens is 1. The number of hydrogen-bond acceptors (Lipinski definition) is 2. The van der Waals surface area contributed by atoms with E-state index in [1.165, 1.54) is 46.7 Å². The first-order valence-electron chi connectivity index (χ1n) is 7.81. The van der Waals surface area contributed by atoms with Crippen LogP contribution < -0.4 is 0 Å². The fraction of sp³-hybridized carbons (Fsp3) is 0.556. The molecule has 114 valence electrons. The fourth-order valence-electron chi connectivity index (χ4n) is 2.85. The molecule has 2 aromatic heterocycles. The van der Waals surface area contributed by atoms with Gasteiger partial charge in [-0.3, -0.25) is 0 Å². The van der Waals surface area contributed by atoms with E-state index in [1.807, 2.05) is 22.7 Å². The third kappa shape index (κ3) is 3.46. The second-order valence-electron chi connectivity index (χ2n) is 6.97. The molecule has 1 unspecified atom stereocenters. The Morgan fingerprint density at radius 2 is 1.76 bits per heavy atom. The van der Waals surface area contributed by atoms with Gasteiger partial charge in [-0.25, -0.2) is 0 Å². The highest BCUT2D eigenvalue weighted by atomic mass is 79.9. The second-order valence-corrected chi connectivity index (χ2v) is 10.2. The Morgan fingerprint density at radius 3 is 2.48 bits per heavy atom. The molecular formula is C18H23BrS2. The van der Waals surface area contributed by atoms with Crippen LogP contribution in [0.1, 0.15) is 69.9 Å². The number of rotatable bonds is 2. The summed E-state index contributed by atoms with van der Waals surface area (Å²) in [6.45, 7) is 6.87. The SMILES string of the molecule is CC(C)(C)c1ccc(C(Br)c2cc3c(s2)CCCCC3)s1. The summed E-state index contributed by atoms with van der Waals surface area (Å²) in [6.07, 6.45) is 6.70. The summed E-state index contributed by atoms with van der Waals surface area (Å²) >= 11 is 7.92. The molecule has 0 saturated heterocycles. The summed E-state index contributed by atoms with van der Waals surface area (Å²) in [5.41, 5.74) is 1.87. The van der Waals surface area contributed by atoms with Gasteiger partial charge < -0.3 is 0 Å². The molecule has 0 spiro atoms. The molecule has 21 heavy (non-hydrogen) atoms. The Hall–Kier alpha value is -0.120. The van der Waals surface area contributed by atoms with Crippen molar-refractivity contribution in [3.05, 3.63) is 43.3 Å². The minimum Gasteiger partial charge on any atom is -0.144 e. The maximum absolute atomic E-state index is 3.94. The van der Waals surface area contributed by atoms with Crippen molar-refractivity contribution in [1.29, 1.82) is 0 Å². The zero-order valence-corrected chi connectivity index (χ0v) is 16.3. The molecule has 2 aromatic rings. The van der Waals surface area contributed by atoms with Gasteiger partial charge in [-0.2, -0.15) is 0 Å². The Bertz CT molecular complexity index is 592. The maximum atomic E-state index is 3.94. The van der Waals surface area contributed by atoms with E-state index < -0.39 is 0 Å². The zero-order chi connectivity index (χ0) is 15.0. The second kappa shape index (κ2) is 6.17. The quantitative estimate of drug-likeness (QED) is 0.392. The standard InChI is InChI=1S/C18H23BrS2/c1-18(2,3)16-10-9-14(21-16)17(19)15-11-12-7-5-4-6-8-13(12)20-15/h9-11,17H,4-8H2,1-3H3. The van der Waals surface area contributed by atoms with Crippen LogP contribution in [-0.4, -0.2) is 0 Å². The molecule has 0 radical (unpaired) electrons. The van der Waals surface area contributed by atoms with E-state index in [-0.39, 0.29) is 5.41 Å². The lowest BCUT2D eigenvalue weighted by Crippen LogP contribution is -2.07. The van der Waals surface area contributed by atoms with E-state index in [2.05, 4.69) is 54.9 Å². The summed E-state index contributed by atoms with van der Waals surface area (Å²) in [4.78, 5) is 6.41. The van der Waals surface area contributed by atoms with Crippen molar-refractivity contribution in [1.82, 2.24) is 0 Å². The lowest BCUT2D eigenvalue weighted by molar-refractivity contribution is 0.604. The smallest absolute Gasteiger partial charge is 0.0831 e. The first kappa shape index (κ1) is 15.8. The summed E-state index contributed by atoms with van der Waals surface area (Å²) in [6, 6.07) is 7.06. The Kier molecular flexibility index (Phi) is 4.63. The lowest BCUT2D eigenvalue weighted by Gasteiger charge is -2.15. The van der Waals surface area contributed by atoms with Gasteiger partial charge in [0.05, 0.1) is 4.83 Å². The van der Waals surface area contributed by atoms with Crippen LogP contribution in [0.2, 0.25) is 0 Å². The molecule has 2 heterocycles. The minimum absolute atomic E-state index is 0.252. The van der Waals surface area contributed by atoms with E-state index in [9.17, 15) is 0 Å². The Labute approximate surface area is 144 Å². The van der Waals surface area contributed by atoms with Gasteiger partial charge in [0, 0.05) is 19.5 Å². The van der Waals surface area contributed by atoms with Gasteiger partial charge in [-0.1, -0.05) is 43.1 Å². The van der Waals surface area contributed by atoms with E-state index >= 15 is 0 Å². The first-order chi connectivity index (χ1) is 9.95. The van der Waals surface area contributed by atoms with E-state index in [4.69, 9.17) is 0 Å². The molecule has 0 fully saturated rings. The number of aryl methyl sites for hydroxylation is 2. The van der Waals surface area contributed by atoms with Crippen molar-refractivity contribution in [3.63, 3.8) is 0 Å². The Morgan fingerprint density at radius 1 is 1.00 bits per heavy atom. The Balaban J connectivity index is 1.85. The van der Waals surface area contributed by atoms with Crippen LogP contribution in [0.5, 0.6) is 0 Å². The lowest BCUT2D eigenvalue weighted by atomic mass is 9.95. The van der Waals surface area contributed by atoms with Crippen LogP contribution >= 0.6 is 38.6 Å². The molecule has 3 rings (SSSR count). The highest BCUT2D eigenvalue weighted by molar-refractivity contribution is 9.09. The largest absolute Gasteiger partial charge is 0.144 e. The van der Waals surface area contributed by atoms with E-state index in [1.54, 1.807) is 10.4 Å². The third-order valence-corrected chi connectivity index (χ3v) is 8.60. The molecule has 3 heteroatoms. The normalized spacial score (nSPS) is 17.3. The van der Waals surface area contributed by atoms with Crippen LogP contribution in [-0.2, 0) is 18.3 Å². The molecule has 1 aliphatic rings. The number of thiophene rings is 2. The van der Waals surface area contributed by atoms with Crippen LogP contribution in [0.25, 0.3) is 0 Å². The molecule has 1 aliphatic carbocycles. The maximum Gasteiger partial charge on any atom is 0.0831 e. The van der Waals surface area contributed by atoms with E-state index in [0.717, 1.165) is 0 Å².